The normalized spacial score (nSPS) is 11.9. The molecule has 1 N–H and O–H groups in total. The van der Waals surface area contributed by atoms with Crippen molar-refractivity contribution in [2.24, 2.45) is 7.05 Å². The minimum Gasteiger partial charge on any atom is -0.313 e. The van der Waals surface area contributed by atoms with E-state index in [-0.39, 0.29) is 22.3 Å². The van der Waals surface area contributed by atoms with Crippen molar-refractivity contribution in [2.75, 3.05) is 0 Å². The van der Waals surface area contributed by atoms with Crippen LogP contribution in [0.2, 0.25) is 0 Å². The highest BCUT2D eigenvalue weighted by Crippen LogP contribution is 2.31. The molecule has 7 nitrogen and oxygen atoms in total. The molecule has 0 saturated carbocycles. The van der Waals surface area contributed by atoms with Gasteiger partial charge >= 0.3 is 6.18 Å². The molecule has 0 atom stereocenters. The first-order chi connectivity index (χ1) is 12.8. The van der Waals surface area contributed by atoms with E-state index in [1.165, 1.54) is 18.5 Å². The number of hydrogen-bond acceptors (Lipinski definition) is 5. The van der Waals surface area contributed by atoms with Crippen LogP contribution >= 0.6 is 0 Å². The highest BCUT2D eigenvalue weighted by molar-refractivity contribution is 5.92. The minimum atomic E-state index is -4.48. The molecule has 4 aromatic rings. The Morgan fingerprint density at radius 2 is 1.93 bits per heavy atom. The van der Waals surface area contributed by atoms with Crippen molar-refractivity contribution in [2.45, 2.75) is 6.18 Å². The summed E-state index contributed by atoms with van der Waals surface area (Å²) in [6, 6.07) is 3.59. The van der Waals surface area contributed by atoms with Crippen LogP contribution in [0.1, 0.15) is 5.56 Å². The van der Waals surface area contributed by atoms with Crippen LogP contribution in [0, 0.1) is 0 Å². The third-order valence-electron chi connectivity index (χ3n) is 3.96. The van der Waals surface area contributed by atoms with Crippen LogP contribution in [0.4, 0.5) is 13.2 Å². The first-order valence-electron chi connectivity index (χ1n) is 7.74. The molecular weight excluding hydrogens is 361 g/mol. The maximum absolute atomic E-state index is 12.8. The predicted molar refractivity (Wildman–Crippen MR) is 90.6 cm³/mol. The van der Waals surface area contributed by atoms with Crippen LogP contribution in [-0.4, -0.2) is 29.7 Å². The van der Waals surface area contributed by atoms with Crippen LogP contribution in [0.25, 0.3) is 33.5 Å². The molecule has 0 bridgehead atoms. The van der Waals surface area contributed by atoms with Gasteiger partial charge in [0.15, 0.2) is 0 Å². The summed E-state index contributed by atoms with van der Waals surface area (Å²) in [5.74, 6) is 0. The van der Waals surface area contributed by atoms with E-state index in [4.69, 9.17) is 0 Å². The van der Waals surface area contributed by atoms with E-state index in [1.807, 2.05) is 0 Å². The number of aromatic amines is 1. The summed E-state index contributed by atoms with van der Waals surface area (Å²) in [5, 5.41) is 4.34. The quantitative estimate of drug-likeness (QED) is 0.584. The number of hydrogen-bond donors (Lipinski definition) is 1. The lowest BCUT2D eigenvalue weighted by molar-refractivity contribution is -0.137. The molecule has 136 valence electrons. The Morgan fingerprint density at radius 1 is 1.11 bits per heavy atom. The molecule has 0 aliphatic carbocycles. The maximum Gasteiger partial charge on any atom is 0.417 e. The number of nitrogens with one attached hydrogen (secondary N) is 1. The number of pyridine rings is 2. The van der Waals surface area contributed by atoms with Gasteiger partial charge in [-0.3, -0.25) is 14.5 Å². The number of aromatic nitrogens is 6. The average molecular weight is 372 g/mol. The van der Waals surface area contributed by atoms with Crippen molar-refractivity contribution in [3.63, 3.8) is 0 Å². The third-order valence-corrected chi connectivity index (χ3v) is 3.96. The number of nitrogens with zero attached hydrogens (tertiary/aromatic N) is 5. The fourth-order valence-electron chi connectivity index (χ4n) is 2.66. The lowest BCUT2D eigenvalue weighted by atomic mass is 10.1. The molecule has 0 spiro atoms. The second-order valence-corrected chi connectivity index (χ2v) is 5.82. The van der Waals surface area contributed by atoms with Gasteiger partial charge in [-0.25, -0.2) is 9.97 Å². The smallest absolute Gasteiger partial charge is 0.313 e. The number of H-pyrrole nitrogens is 1. The Labute approximate surface area is 149 Å². The summed E-state index contributed by atoms with van der Waals surface area (Å²) in [5.41, 5.74) is 0.590. The van der Waals surface area contributed by atoms with E-state index < -0.39 is 11.7 Å². The number of halogens is 3. The van der Waals surface area contributed by atoms with Crippen LogP contribution in [-0.2, 0) is 13.2 Å². The molecule has 0 radical (unpaired) electrons. The summed E-state index contributed by atoms with van der Waals surface area (Å²) in [7, 11) is 1.73. The van der Waals surface area contributed by atoms with E-state index in [1.54, 1.807) is 24.1 Å². The molecule has 10 heteroatoms. The molecular formula is C17H11F3N6O. The molecule has 0 aliphatic rings. The monoisotopic (exact) mass is 372 g/mol. The van der Waals surface area contributed by atoms with E-state index >= 15 is 0 Å². The zero-order valence-corrected chi connectivity index (χ0v) is 13.8. The third kappa shape index (κ3) is 3.05. The van der Waals surface area contributed by atoms with E-state index in [2.05, 4.69) is 25.0 Å². The van der Waals surface area contributed by atoms with Gasteiger partial charge in [0.2, 0.25) is 0 Å². The van der Waals surface area contributed by atoms with Crippen LogP contribution in [0.5, 0.6) is 0 Å². The molecule has 0 fully saturated rings. The molecule has 4 rings (SSSR count). The van der Waals surface area contributed by atoms with Crippen LogP contribution < -0.4 is 5.56 Å². The van der Waals surface area contributed by atoms with Gasteiger partial charge in [-0.2, -0.15) is 18.3 Å². The largest absolute Gasteiger partial charge is 0.417 e. The average Bonchev–Trinajstić information content (AvgIpc) is 3.07. The lowest BCUT2D eigenvalue weighted by Gasteiger charge is -2.09. The van der Waals surface area contributed by atoms with Crippen LogP contribution in [0.15, 0.2) is 47.9 Å². The van der Waals surface area contributed by atoms with Gasteiger partial charge in [0, 0.05) is 25.0 Å². The summed E-state index contributed by atoms with van der Waals surface area (Å²) < 4.78 is 39.8. The molecule has 0 amide bonds. The van der Waals surface area contributed by atoms with Gasteiger partial charge in [-0.15, -0.1) is 0 Å². The Morgan fingerprint density at radius 3 is 2.56 bits per heavy atom. The van der Waals surface area contributed by atoms with Crippen molar-refractivity contribution in [3.05, 3.63) is 59.0 Å². The van der Waals surface area contributed by atoms with Gasteiger partial charge in [0.1, 0.15) is 11.2 Å². The topological polar surface area (TPSA) is 89.4 Å². The van der Waals surface area contributed by atoms with Gasteiger partial charge in [0.05, 0.1) is 34.9 Å². The summed E-state index contributed by atoms with van der Waals surface area (Å²) in [4.78, 5) is 27.2. The lowest BCUT2D eigenvalue weighted by Crippen LogP contribution is -2.08. The molecule has 27 heavy (non-hydrogen) atoms. The van der Waals surface area contributed by atoms with Crippen molar-refractivity contribution >= 4 is 10.9 Å². The Balaban J connectivity index is 1.94. The molecule has 0 saturated heterocycles. The second kappa shape index (κ2) is 6.01. The molecule has 0 aromatic carbocycles. The summed E-state index contributed by atoms with van der Waals surface area (Å²) in [6.07, 6.45) is 0.786. The first kappa shape index (κ1) is 16.9. The molecule has 4 heterocycles. The van der Waals surface area contributed by atoms with Crippen molar-refractivity contribution in [1.82, 2.24) is 29.7 Å². The summed E-state index contributed by atoms with van der Waals surface area (Å²) in [6.45, 7) is 0. The van der Waals surface area contributed by atoms with Gasteiger partial charge in [-0.05, 0) is 18.2 Å². The predicted octanol–water partition coefficient (Wildman–Crippen LogP) is 2.80. The number of rotatable bonds is 2. The number of alkyl halides is 3. The standard InChI is InChI=1S/C17H11F3N6O/c1-26-7-9(5-24-26)14-15-11(16(27)23-8-22-15)4-13(25-14)12-3-2-10(6-21-12)17(18,19)20/h2-8H,1H3,(H,22,23,27). The number of aryl methyl sites for hydroxylation is 1. The zero-order valence-electron chi connectivity index (χ0n) is 13.8. The Bertz CT molecular complexity index is 1190. The van der Waals surface area contributed by atoms with Gasteiger partial charge in [-0.1, -0.05) is 0 Å². The fraction of sp³-hybridized carbons (Fsp3) is 0.118. The molecule has 0 unspecified atom stereocenters. The number of fused-ring (bicyclic) bond motifs is 1. The van der Waals surface area contributed by atoms with E-state index in [9.17, 15) is 18.0 Å². The van der Waals surface area contributed by atoms with Gasteiger partial charge < -0.3 is 4.98 Å². The highest BCUT2D eigenvalue weighted by atomic mass is 19.4. The first-order valence-corrected chi connectivity index (χ1v) is 7.74. The van der Waals surface area contributed by atoms with Crippen molar-refractivity contribution in [1.29, 1.82) is 0 Å². The van der Waals surface area contributed by atoms with E-state index in [0.29, 0.717) is 16.8 Å². The zero-order chi connectivity index (χ0) is 19.2. The fourth-order valence-corrected chi connectivity index (χ4v) is 2.66. The maximum atomic E-state index is 12.8. The molecule has 0 aliphatic heterocycles. The second-order valence-electron chi connectivity index (χ2n) is 5.82. The SMILES string of the molecule is Cn1cc(-c2nc(-c3ccc(C(F)(F)F)cn3)cc3c(=O)[nH]cnc23)cn1. The minimum absolute atomic E-state index is 0.207. The molecule has 4 aromatic heterocycles. The van der Waals surface area contributed by atoms with Crippen molar-refractivity contribution in [3.8, 4) is 22.6 Å². The Kier molecular flexibility index (Phi) is 3.76. The van der Waals surface area contributed by atoms with Crippen LogP contribution in [0.3, 0.4) is 0 Å². The van der Waals surface area contributed by atoms with Crippen molar-refractivity contribution < 1.29 is 13.2 Å². The van der Waals surface area contributed by atoms with E-state index in [0.717, 1.165) is 12.3 Å². The Hall–Kier alpha value is -3.56. The van der Waals surface area contributed by atoms with Gasteiger partial charge in [0.25, 0.3) is 5.56 Å². The summed E-state index contributed by atoms with van der Waals surface area (Å²) >= 11 is 0. The highest BCUT2D eigenvalue weighted by Gasteiger charge is 2.30.